The Balaban J connectivity index is 2.23. The van der Waals surface area contributed by atoms with Crippen LogP contribution >= 0.6 is 0 Å². The van der Waals surface area contributed by atoms with Crippen molar-refractivity contribution in [2.45, 2.75) is 45.7 Å². The van der Waals surface area contributed by atoms with Gasteiger partial charge in [0.15, 0.2) is 0 Å². The number of piperazine rings is 1. The van der Waals surface area contributed by atoms with Crippen molar-refractivity contribution in [3.8, 4) is 0 Å². The molecular formula is C18H31N3. The molecule has 0 radical (unpaired) electrons. The quantitative estimate of drug-likeness (QED) is 0.867. The number of para-hydroxylation sites is 1. The second kappa shape index (κ2) is 7.81. The highest BCUT2D eigenvalue weighted by molar-refractivity contribution is 5.56. The smallest absolute Gasteiger partial charge is 0.0418 e. The highest BCUT2D eigenvalue weighted by atomic mass is 15.3. The molecule has 1 fully saturated rings. The van der Waals surface area contributed by atoms with Crippen LogP contribution < -0.4 is 10.2 Å². The fourth-order valence-corrected chi connectivity index (χ4v) is 3.33. The summed E-state index contributed by atoms with van der Waals surface area (Å²) in [6, 6.07) is 10.00. The lowest BCUT2D eigenvalue weighted by Gasteiger charge is -2.41. The van der Waals surface area contributed by atoms with E-state index in [2.05, 4.69) is 67.2 Å². The van der Waals surface area contributed by atoms with Crippen molar-refractivity contribution in [3.63, 3.8) is 0 Å². The number of anilines is 1. The number of hydrogen-bond acceptors (Lipinski definition) is 3. The van der Waals surface area contributed by atoms with Crippen LogP contribution in [0.3, 0.4) is 0 Å². The van der Waals surface area contributed by atoms with E-state index in [4.69, 9.17) is 0 Å². The van der Waals surface area contributed by atoms with Gasteiger partial charge in [0.25, 0.3) is 0 Å². The third-order valence-electron chi connectivity index (χ3n) is 4.50. The van der Waals surface area contributed by atoms with Gasteiger partial charge in [0.2, 0.25) is 0 Å². The van der Waals surface area contributed by atoms with E-state index in [0.717, 1.165) is 32.6 Å². The second-order valence-electron chi connectivity index (χ2n) is 6.28. The summed E-state index contributed by atoms with van der Waals surface area (Å²) in [6.07, 6.45) is 2.32. The fraction of sp³-hybridized carbons (Fsp3) is 0.667. The number of nitrogens with zero attached hydrogens (tertiary/aromatic N) is 2. The number of likely N-dealkylation sites (N-methyl/N-ethyl adjacent to an activating group) is 1. The van der Waals surface area contributed by atoms with Gasteiger partial charge in [-0.25, -0.2) is 0 Å². The third kappa shape index (κ3) is 3.98. The molecule has 1 aliphatic heterocycles. The maximum atomic E-state index is 3.70. The first-order valence-corrected chi connectivity index (χ1v) is 8.44. The molecular weight excluding hydrogens is 258 g/mol. The molecule has 2 rings (SSSR count). The fourth-order valence-electron chi connectivity index (χ4n) is 3.33. The Hall–Kier alpha value is -1.06. The molecule has 1 saturated heterocycles. The Morgan fingerprint density at radius 2 is 2.00 bits per heavy atom. The second-order valence-corrected chi connectivity index (χ2v) is 6.28. The van der Waals surface area contributed by atoms with E-state index in [1.54, 1.807) is 0 Å². The minimum Gasteiger partial charge on any atom is -0.366 e. The summed E-state index contributed by atoms with van der Waals surface area (Å²) < 4.78 is 0. The zero-order valence-corrected chi connectivity index (χ0v) is 14.1. The van der Waals surface area contributed by atoms with E-state index in [1.807, 2.05) is 0 Å². The van der Waals surface area contributed by atoms with Crippen LogP contribution in [0.15, 0.2) is 24.3 Å². The molecule has 1 heterocycles. The number of benzene rings is 1. The molecule has 1 aromatic rings. The first kappa shape index (κ1) is 16.3. The standard InChI is InChI=1S/C18H31N3/c1-5-11-19-17(6-2)16-9-7-8-10-18(16)21-13-12-20(4)14-15(21)3/h7-10,15,17,19H,5-6,11-14H2,1-4H3. The van der Waals surface area contributed by atoms with Gasteiger partial charge < -0.3 is 15.1 Å². The summed E-state index contributed by atoms with van der Waals surface area (Å²) >= 11 is 0. The monoisotopic (exact) mass is 289 g/mol. The van der Waals surface area contributed by atoms with E-state index in [1.165, 1.54) is 17.7 Å². The molecule has 0 amide bonds. The highest BCUT2D eigenvalue weighted by Gasteiger charge is 2.24. The Morgan fingerprint density at radius 3 is 2.67 bits per heavy atom. The normalized spacial score (nSPS) is 21.5. The van der Waals surface area contributed by atoms with Crippen LogP contribution in [0.25, 0.3) is 0 Å². The molecule has 2 atom stereocenters. The van der Waals surface area contributed by atoms with E-state index >= 15 is 0 Å². The molecule has 21 heavy (non-hydrogen) atoms. The summed E-state index contributed by atoms with van der Waals surface area (Å²) in [5.74, 6) is 0. The average molecular weight is 289 g/mol. The highest BCUT2D eigenvalue weighted by Crippen LogP contribution is 2.30. The molecule has 1 N–H and O–H groups in total. The summed E-state index contributed by atoms with van der Waals surface area (Å²) in [5, 5.41) is 3.70. The molecule has 0 bridgehead atoms. The summed E-state index contributed by atoms with van der Waals surface area (Å²) in [6.45, 7) is 11.4. The van der Waals surface area contributed by atoms with Crippen LogP contribution in [0.4, 0.5) is 5.69 Å². The maximum absolute atomic E-state index is 3.70. The van der Waals surface area contributed by atoms with Gasteiger partial charge in [-0.15, -0.1) is 0 Å². The van der Waals surface area contributed by atoms with E-state index in [9.17, 15) is 0 Å². The molecule has 0 aliphatic carbocycles. The predicted octanol–water partition coefficient (Wildman–Crippen LogP) is 3.28. The van der Waals surface area contributed by atoms with E-state index in [-0.39, 0.29) is 0 Å². The summed E-state index contributed by atoms with van der Waals surface area (Å²) in [4.78, 5) is 5.02. The van der Waals surface area contributed by atoms with Gasteiger partial charge in [-0.3, -0.25) is 0 Å². The molecule has 1 aliphatic rings. The number of hydrogen-bond donors (Lipinski definition) is 1. The van der Waals surface area contributed by atoms with Crippen molar-refractivity contribution in [3.05, 3.63) is 29.8 Å². The van der Waals surface area contributed by atoms with Crippen LogP contribution in [0.5, 0.6) is 0 Å². The lowest BCUT2D eigenvalue weighted by atomic mass is 9.99. The van der Waals surface area contributed by atoms with Crippen LogP contribution in [0.1, 0.15) is 45.2 Å². The SMILES string of the molecule is CCCNC(CC)c1ccccc1N1CCN(C)CC1C. The molecule has 3 heteroatoms. The zero-order chi connectivity index (χ0) is 15.2. The molecule has 118 valence electrons. The zero-order valence-electron chi connectivity index (χ0n) is 14.1. The van der Waals surface area contributed by atoms with Crippen LogP contribution in [0, 0.1) is 0 Å². The van der Waals surface area contributed by atoms with Gasteiger partial charge in [0, 0.05) is 37.4 Å². The Labute approximate surface area is 130 Å². The van der Waals surface area contributed by atoms with E-state index < -0.39 is 0 Å². The third-order valence-corrected chi connectivity index (χ3v) is 4.50. The van der Waals surface area contributed by atoms with Crippen molar-refractivity contribution in [1.29, 1.82) is 0 Å². The van der Waals surface area contributed by atoms with E-state index in [0.29, 0.717) is 12.1 Å². The minimum absolute atomic E-state index is 0.466. The van der Waals surface area contributed by atoms with Crippen molar-refractivity contribution in [2.75, 3.05) is 38.1 Å². The molecule has 0 saturated carbocycles. The summed E-state index contributed by atoms with van der Waals surface area (Å²) in [5.41, 5.74) is 2.89. The van der Waals surface area contributed by atoms with Crippen molar-refractivity contribution >= 4 is 5.69 Å². The largest absolute Gasteiger partial charge is 0.366 e. The minimum atomic E-state index is 0.466. The molecule has 0 aromatic heterocycles. The number of rotatable bonds is 6. The van der Waals surface area contributed by atoms with Crippen LogP contribution in [-0.4, -0.2) is 44.2 Å². The van der Waals surface area contributed by atoms with Gasteiger partial charge >= 0.3 is 0 Å². The van der Waals surface area contributed by atoms with Gasteiger partial charge in [0.05, 0.1) is 0 Å². The maximum Gasteiger partial charge on any atom is 0.0418 e. The Morgan fingerprint density at radius 1 is 1.24 bits per heavy atom. The van der Waals surface area contributed by atoms with Gasteiger partial charge in [0.1, 0.15) is 0 Å². The van der Waals surface area contributed by atoms with Gasteiger partial charge in [-0.1, -0.05) is 32.0 Å². The number of nitrogens with one attached hydrogen (secondary N) is 1. The van der Waals surface area contributed by atoms with Crippen LogP contribution in [0.2, 0.25) is 0 Å². The lowest BCUT2D eigenvalue weighted by Crippen LogP contribution is -2.51. The Bertz CT molecular complexity index is 432. The van der Waals surface area contributed by atoms with Crippen molar-refractivity contribution in [1.82, 2.24) is 10.2 Å². The Kier molecular flexibility index (Phi) is 6.07. The lowest BCUT2D eigenvalue weighted by molar-refractivity contribution is 0.275. The molecule has 3 nitrogen and oxygen atoms in total. The van der Waals surface area contributed by atoms with Gasteiger partial charge in [-0.2, -0.15) is 0 Å². The molecule has 1 aromatic carbocycles. The first-order chi connectivity index (χ1) is 10.2. The van der Waals surface area contributed by atoms with Crippen molar-refractivity contribution < 1.29 is 0 Å². The van der Waals surface area contributed by atoms with Crippen molar-refractivity contribution in [2.24, 2.45) is 0 Å². The topological polar surface area (TPSA) is 18.5 Å². The van der Waals surface area contributed by atoms with Crippen LogP contribution in [-0.2, 0) is 0 Å². The average Bonchev–Trinajstić information content (AvgIpc) is 2.49. The van der Waals surface area contributed by atoms with Gasteiger partial charge in [-0.05, 0) is 45.0 Å². The predicted molar refractivity (Wildman–Crippen MR) is 92.1 cm³/mol. The molecule has 0 spiro atoms. The first-order valence-electron chi connectivity index (χ1n) is 8.44. The molecule has 2 unspecified atom stereocenters. The summed E-state index contributed by atoms with van der Waals surface area (Å²) in [7, 11) is 2.22.